The third kappa shape index (κ3) is 5.21. The van der Waals surface area contributed by atoms with E-state index in [1.807, 2.05) is 25.1 Å². The highest BCUT2D eigenvalue weighted by atomic mass is 79.9. The first-order valence-electron chi connectivity index (χ1n) is 9.00. The van der Waals surface area contributed by atoms with E-state index in [2.05, 4.69) is 56.6 Å². The molecule has 0 saturated carbocycles. The molecule has 6 nitrogen and oxygen atoms in total. The van der Waals surface area contributed by atoms with Gasteiger partial charge in [0.25, 0.3) is 0 Å². The second-order valence-electron chi connectivity index (χ2n) is 6.68. The van der Waals surface area contributed by atoms with E-state index in [-0.39, 0.29) is 23.2 Å². The van der Waals surface area contributed by atoms with Crippen molar-refractivity contribution in [3.8, 4) is 17.1 Å². The minimum absolute atomic E-state index is 0.0166. The number of anilines is 1. The van der Waals surface area contributed by atoms with Gasteiger partial charge in [-0.1, -0.05) is 31.5 Å². The maximum Gasteiger partial charge on any atom is 0.223 e. The highest BCUT2D eigenvalue weighted by Gasteiger charge is 2.21. The van der Waals surface area contributed by atoms with Crippen molar-refractivity contribution < 1.29 is 9.47 Å². The molecule has 0 saturated heterocycles. The molecule has 0 aliphatic heterocycles. The van der Waals surface area contributed by atoms with Gasteiger partial charge in [0, 0.05) is 12.8 Å². The summed E-state index contributed by atoms with van der Waals surface area (Å²) in [6, 6.07) is 3.84. The van der Waals surface area contributed by atoms with Crippen molar-refractivity contribution in [1.82, 2.24) is 15.0 Å². The molecule has 0 radical (unpaired) electrons. The molecule has 28 heavy (non-hydrogen) atoms. The predicted molar refractivity (Wildman–Crippen MR) is 117 cm³/mol. The number of aromatic nitrogens is 3. The van der Waals surface area contributed by atoms with Crippen LogP contribution in [0.1, 0.15) is 38.8 Å². The van der Waals surface area contributed by atoms with Crippen LogP contribution in [-0.2, 0) is 4.74 Å². The van der Waals surface area contributed by atoms with Gasteiger partial charge in [-0.3, -0.25) is 0 Å². The number of nitrogens with one attached hydrogen (secondary N) is 1. The highest BCUT2D eigenvalue weighted by Crippen LogP contribution is 2.35. The summed E-state index contributed by atoms with van der Waals surface area (Å²) >= 11 is 9.94. The number of halogens is 2. The van der Waals surface area contributed by atoms with Crippen molar-refractivity contribution in [2.75, 3.05) is 19.5 Å². The predicted octanol–water partition coefficient (Wildman–Crippen LogP) is 5.48. The molecule has 2 aromatic heterocycles. The normalized spacial score (nSPS) is 13.3. The molecule has 0 fully saturated rings. The second kappa shape index (κ2) is 10.2. The van der Waals surface area contributed by atoms with Crippen molar-refractivity contribution in [2.24, 2.45) is 0 Å². The Labute approximate surface area is 179 Å². The molecule has 8 heteroatoms. The zero-order valence-corrected chi connectivity index (χ0v) is 19.1. The summed E-state index contributed by atoms with van der Waals surface area (Å²) in [4.78, 5) is 13.6. The SMILES string of the molecule is C=CC[C@H](OC)C(C)Nc1nc(Cl)c(-c2ccc(C(C)C)nc2OC)nc1Br. The van der Waals surface area contributed by atoms with Crippen LogP contribution in [0.2, 0.25) is 5.15 Å². The molecule has 2 rings (SSSR count). The molecule has 1 N–H and O–H groups in total. The molecule has 2 heterocycles. The summed E-state index contributed by atoms with van der Waals surface area (Å²) in [6.07, 6.45) is 2.49. The van der Waals surface area contributed by atoms with Crippen LogP contribution in [0.3, 0.4) is 0 Å². The van der Waals surface area contributed by atoms with E-state index < -0.39 is 0 Å². The van der Waals surface area contributed by atoms with Gasteiger partial charge in [-0.25, -0.2) is 15.0 Å². The first-order valence-corrected chi connectivity index (χ1v) is 10.2. The average Bonchev–Trinajstić information content (AvgIpc) is 2.67. The van der Waals surface area contributed by atoms with Crippen molar-refractivity contribution in [3.05, 3.63) is 40.2 Å². The second-order valence-corrected chi connectivity index (χ2v) is 7.79. The quantitative estimate of drug-likeness (QED) is 0.491. The summed E-state index contributed by atoms with van der Waals surface area (Å²) < 4.78 is 11.5. The number of methoxy groups -OCH3 is 2. The Morgan fingerprint density at radius 3 is 2.50 bits per heavy atom. The van der Waals surface area contributed by atoms with Crippen LogP contribution in [0.4, 0.5) is 5.82 Å². The Balaban J connectivity index is 2.37. The van der Waals surface area contributed by atoms with Gasteiger partial charge >= 0.3 is 0 Å². The van der Waals surface area contributed by atoms with Gasteiger partial charge < -0.3 is 14.8 Å². The van der Waals surface area contributed by atoms with Crippen molar-refractivity contribution in [1.29, 1.82) is 0 Å². The van der Waals surface area contributed by atoms with E-state index in [1.165, 1.54) is 0 Å². The van der Waals surface area contributed by atoms with E-state index in [1.54, 1.807) is 14.2 Å². The summed E-state index contributed by atoms with van der Waals surface area (Å²) in [5.74, 6) is 1.29. The van der Waals surface area contributed by atoms with E-state index >= 15 is 0 Å². The van der Waals surface area contributed by atoms with Crippen LogP contribution in [0, 0.1) is 0 Å². The Bertz CT molecular complexity index is 832. The number of hydrogen-bond acceptors (Lipinski definition) is 6. The fourth-order valence-electron chi connectivity index (χ4n) is 2.75. The third-order valence-electron chi connectivity index (χ3n) is 4.36. The fourth-order valence-corrected chi connectivity index (χ4v) is 3.36. The molecule has 0 aliphatic carbocycles. The first kappa shape index (κ1) is 22.6. The van der Waals surface area contributed by atoms with Crippen molar-refractivity contribution in [3.63, 3.8) is 0 Å². The molecule has 0 amide bonds. The van der Waals surface area contributed by atoms with E-state index in [0.717, 1.165) is 5.69 Å². The van der Waals surface area contributed by atoms with E-state index in [4.69, 9.17) is 21.1 Å². The standard InChI is InChI=1S/C20H26BrClN4O2/c1-7-8-15(27-5)12(4)23-19-17(21)25-16(18(22)26-19)13-9-10-14(11(2)3)24-20(13)28-6/h7,9-12,15H,1,8H2,2-6H3,(H,23,26)/t12?,15-/m0/s1. The summed E-state index contributed by atoms with van der Waals surface area (Å²) in [5, 5.41) is 3.55. The van der Waals surface area contributed by atoms with Crippen LogP contribution in [0.15, 0.2) is 29.4 Å². The van der Waals surface area contributed by atoms with Crippen LogP contribution < -0.4 is 10.1 Å². The van der Waals surface area contributed by atoms with Crippen LogP contribution >= 0.6 is 27.5 Å². The van der Waals surface area contributed by atoms with Crippen LogP contribution in [0.25, 0.3) is 11.3 Å². The van der Waals surface area contributed by atoms with Gasteiger partial charge in [-0.2, -0.15) is 0 Å². The maximum atomic E-state index is 6.46. The van der Waals surface area contributed by atoms with Crippen LogP contribution in [-0.4, -0.2) is 41.3 Å². The largest absolute Gasteiger partial charge is 0.480 e. The van der Waals surface area contributed by atoms with Gasteiger partial charge in [-0.05, 0) is 47.3 Å². The van der Waals surface area contributed by atoms with Gasteiger partial charge in [-0.15, -0.1) is 6.58 Å². The summed E-state index contributed by atoms with van der Waals surface area (Å²) in [6.45, 7) is 9.92. The third-order valence-corrected chi connectivity index (χ3v) is 5.17. The molecular weight excluding hydrogens is 444 g/mol. The van der Waals surface area contributed by atoms with Gasteiger partial charge in [0.2, 0.25) is 5.88 Å². The zero-order valence-electron chi connectivity index (χ0n) is 16.8. The number of hydrogen-bond donors (Lipinski definition) is 1. The minimum Gasteiger partial charge on any atom is -0.480 e. The van der Waals surface area contributed by atoms with Gasteiger partial charge in [0.1, 0.15) is 10.3 Å². The first-order chi connectivity index (χ1) is 13.3. The monoisotopic (exact) mass is 468 g/mol. The van der Waals surface area contributed by atoms with E-state index in [9.17, 15) is 0 Å². The topological polar surface area (TPSA) is 69.2 Å². The molecule has 0 aliphatic rings. The number of ether oxygens (including phenoxy) is 2. The lowest BCUT2D eigenvalue weighted by molar-refractivity contribution is 0.0929. The Kier molecular flexibility index (Phi) is 8.22. The minimum atomic E-state index is -0.0440. The van der Waals surface area contributed by atoms with Crippen molar-refractivity contribution >= 4 is 33.3 Å². The molecule has 0 bridgehead atoms. The molecule has 1 unspecified atom stereocenters. The van der Waals surface area contributed by atoms with Crippen molar-refractivity contribution in [2.45, 2.75) is 45.3 Å². The van der Waals surface area contributed by atoms with Gasteiger partial charge in [0.15, 0.2) is 11.0 Å². The summed E-state index contributed by atoms with van der Waals surface area (Å²) in [7, 11) is 3.25. The Morgan fingerprint density at radius 1 is 1.21 bits per heavy atom. The van der Waals surface area contributed by atoms with Crippen LogP contribution in [0.5, 0.6) is 5.88 Å². The maximum absolute atomic E-state index is 6.46. The molecular formula is C20H26BrClN4O2. The Hall–Kier alpha value is -1.70. The fraction of sp³-hybridized carbons (Fsp3) is 0.450. The average molecular weight is 470 g/mol. The van der Waals surface area contributed by atoms with E-state index in [0.29, 0.717) is 34.0 Å². The molecule has 0 spiro atoms. The highest BCUT2D eigenvalue weighted by molar-refractivity contribution is 9.10. The lowest BCUT2D eigenvalue weighted by Crippen LogP contribution is -2.32. The number of rotatable bonds is 9. The summed E-state index contributed by atoms with van der Waals surface area (Å²) in [5.41, 5.74) is 2.12. The molecule has 2 atom stereocenters. The smallest absolute Gasteiger partial charge is 0.223 e. The van der Waals surface area contributed by atoms with Gasteiger partial charge in [0.05, 0.1) is 24.8 Å². The zero-order chi connectivity index (χ0) is 20.8. The lowest BCUT2D eigenvalue weighted by Gasteiger charge is -2.23. The molecule has 0 aromatic carbocycles. The number of pyridine rings is 1. The molecule has 2 aromatic rings. The lowest BCUT2D eigenvalue weighted by atomic mass is 10.1. The number of nitrogens with zero attached hydrogens (tertiary/aromatic N) is 3. The Morgan fingerprint density at radius 2 is 1.93 bits per heavy atom. The molecule has 152 valence electrons.